The maximum Gasteiger partial charge on any atom is 0.235 e. The van der Waals surface area contributed by atoms with Gasteiger partial charge in [-0.3, -0.25) is 9.78 Å². The van der Waals surface area contributed by atoms with Gasteiger partial charge in [0, 0.05) is 22.2 Å². The Morgan fingerprint density at radius 1 is 1.23 bits per heavy atom. The number of aromatic nitrogens is 2. The van der Waals surface area contributed by atoms with Crippen LogP contribution in [0.2, 0.25) is 0 Å². The molecule has 0 atom stereocenters. The average molecular weight is 417 g/mol. The second-order valence-electron chi connectivity index (χ2n) is 6.87. The lowest BCUT2D eigenvalue weighted by Gasteiger charge is -2.12. The molecule has 0 radical (unpaired) electrons. The Morgan fingerprint density at radius 2 is 2.07 bits per heavy atom. The molecule has 1 N–H and O–H groups in total. The number of carbonyl (C=O) groups excluding carboxylic acids is 1. The molecule has 0 spiro atoms. The van der Waals surface area contributed by atoms with Crippen LogP contribution in [0.4, 0.5) is 5.82 Å². The molecule has 3 heterocycles. The molecular formula is C23H20N4O2S. The summed E-state index contributed by atoms with van der Waals surface area (Å²) in [7, 11) is 0. The Hall–Kier alpha value is -3.50. The van der Waals surface area contributed by atoms with Crippen LogP contribution in [0.5, 0.6) is 0 Å². The van der Waals surface area contributed by atoms with E-state index in [0.717, 1.165) is 32.8 Å². The second-order valence-corrected chi connectivity index (χ2v) is 7.89. The van der Waals surface area contributed by atoms with Gasteiger partial charge < -0.3 is 14.3 Å². The monoisotopic (exact) mass is 416 g/mol. The third-order valence-electron chi connectivity index (χ3n) is 5.06. The highest BCUT2D eigenvalue weighted by atomic mass is 32.2. The predicted molar refractivity (Wildman–Crippen MR) is 118 cm³/mol. The Morgan fingerprint density at radius 3 is 2.83 bits per heavy atom. The molecular weight excluding hydrogens is 396 g/mol. The Labute approximate surface area is 178 Å². The Kier molecular flexibility index (Phi) is 5.59. The third kappa shape index (κ3) is 3.82. The van der Waals surface area contributed by atoms with Crippen molar-refractivity contribution in [2.24, 2.45) is 0 Å². The van der Waals surface area contributed by atoms with Gasteiger partial charge in [0.1, 0.15) is 17.6 Å². The van der Waals surface area contributed by atoms with Crippen molar-refractivity contribution in [1.29, 1.82) is 5.26 Å². The zero-order valence-electron chi connectivity index (χ0n) is 16.7. The highest BCUT2D eigenvalue weighted by Crippen LogP contribution is 2.29. The second kappa shape index (κ2) is 8.47. The molecule has 0 saturated heterocycles. The van der Waals surface area contributed by atoms with E-state index >= 15 is 0 Å². The minimum Gasteiger partial charge on any atom is -0.467 e. The maximum absolute atomic E-state index is 12.8. The molecule has 4 rings (SSSR count). The fourth-order valence-electron chi connectivity index (χ4n) is 3.39. The Balaban J connectivity index is 1.55. The first-order valence-electron chi connectivity index (χ1n) is 9.47. The lowest BCUT2D eigenvalue weighted by Crippen LogP contribution is -2.18. The molecule has 150 valence electrons. The quantitative estimate of drug-likeness (QED) is 0.452. The van der Waals surface area contributed by atoms with Crippen molar-refractivity contribution in [2.75, 3.05) is 11.1 Å². The normalized spacial score (nSPS) is 10.8. The van der Waals surface area contributed by atoms with Gasteiger partial charge >= 0.3 is 0 Å². The standard InChI is InChI=1S/C23H20N4O2S/c1-15-16(2)27(13-17-6-5-11-29-17)23(19(15)12-24)26-22(28)14-30-21-9-10-25-20-8-4-3-7-18(20)21/h3-11H,13-14H2,1-2H3,(H,26,28). The molecule has 0 unspecified atom stereocenters. The molecule has 0 aliphatic heterocycles. The van der Waals surface area contributed by atoms with Gasteiger partial charge in [-0.25, -0.2) is 0 Å². The number of nitrogens with zero attached hydrogens (tertiary/aromatic N) is 3. The predicted octanol–water partition coefficient (Wildman–Crippen LogP) is 4.90. The molecule has 4 aromatic rings. The number of benzene rings is 1. The van der Waals surface area contributed by atoms with Crippen LogP contribution in [0.1, 0.15) is 22.6 Å². The smallest absolute Gasteiger partial charge is 0.235 e. The first-order valence-corrected chi connectivity index (χ1v) is 10.5. The number of nitrogens with one attached hydrogen (secondary N) is 1. The van der Waals surface area contributed by atoms with Crippen LogP contribution in [0.25, 0.3) is 10.9 Å². The van der Waals surface area contributed by atoms with E-state index in [1.54, 1.807) is 12.5 Å². The number of rotatable bonds is 6. The number of carbonyl (C=O) groups is 1. The van der Waals surface area contributed by atoms with E-state index in [4.69, 9.17) is 4.42 Å². The van der Waals surface area contributed by atoms with E-state index in [2.05, 4.69) is 16.4 Å². The molecule has 0 saturated carbocycles. The van der Waals surface area contributed by atoms with E-state index in [9.17, 15) is 10.1 Å². The number of hydrogen-bond donors (Lipinski definition) is 1. The molecule has 3 aromatic heterocycles. The summed E-state index contributed by atoms with van der Waals surface area (Å²) in [5.41, 5.74) is 3.15. The van der Waals surface area contributed by atoms with E-state index in [1.165, 1.54) is 11.8 Å². The van der Waals surface area contributed by atoms with Gasteiger partial charge in [0.2, 0.25) is 5.91 Å². The van der Waals surface area contributed by atoms with E-state index < -0.39 is 0 Å². The number of anilines is 1. The SMILES string of the molecule is Cc1c(C#N)c(NC(=O)CSc2ccnc3ccccc23)n(Cc2ccco2)c1C. The van der Waals surface area contributed by atoms with Crippen molar-refractivity contribution in [2.45, 2.75) is 25.3 Å². The van der Waals surface area contributed by atoms with Crippen LogP contribution in [0, 0.1) is 25.2 Å². The third-order valence-corrected chi connectivity index (χ3v) is 6.13. The largest absolute Gasteiger partial charge is 0.467 e. The molecule has 0 aliphatic rings. The lowest BCUT2D eigenvalue weighted by atomic mass is 10.2. The van der Waals surface area contributed by atoms with Crippen molar-refractivity contribution in [3.63, 3.8) is 0 Å². The van der Waals surface area contributed by atoms with Crippen LogP contribution >= 0.6 is 11.8 Å². The number of amides is 1. The Bertz CT molecular complexity index is 1250. The molecule has 1 amide bonds. The van der Waals surface area contributed by atoms with Crippen molar-refractivity contribution in [1.82, 2.24) is 9.55 Å². The zero-order chi connectivity index (χ0) is 21.1. The van der Waals surface area contributed by atoms with Gasteiger partial charge in [-0.1, -0.05) is 18.2 Å². The van der Waals surface area contributed by atoms with Gasteiger partial charge in [0.05, 0.1) is 29.6 Å². The minimum absolute atomic E-state index is 0.171. The fourth-order valence-corrected chi connectivity index (χ4v) is 4.24. The van der Waals surface area contributed by atoms with Crippen LogP contribution in [-0.4, -0.2) is 21.2 Å². The molecule has 0 fully saturated rings. The van der Waals surface area contributed by atoms with Crippen molar-refractivity contribution < 1.29 is 9.21 Å². The van der Waals surface area contributed by atoms with Gasteiger partial charge in [-0.15, -0.1) is 11.8 Å². The maximum atomic E-state index is 12.8. The molecule has 6 nitrogen and oxygen atoms in total. The summed E-state index contributed by atoms with van der Waals surface area (Å²) in [4.78, 5) is 18.1. The molecule has 0 aliphatic carbocycles. The van der Waals surface area contributed by atoms with Crippen LogP contribution in [0.15, 0.2) is 64.2 Å². The highest BCUT2D eigenvalue weighted by molar-refractivity contribution is 8.00. The van der Waals surface area contributed by atoms with Crippen LogP contribution in [-0.2, 0) is 11.3 Å². The topological polar surface area (TPSA) is 83.9 Å². The lowest BCUT2D eigenvalue weighted by molar-refractivity contribution is -0.113. The van der Waals surface area contributed by atoms with Gasteiger partial charge in [0.15, 0.2) is 0 Å². The van der Waals surface area contributed by atoms with E-state index in [0.29, 0.717) is 17.9 Å². The van der Waals surface area contributed by atoms with Gasteiger partial charge in [-0.2, -0.15) is 5.26 Å². The van der Waals surface area contributed by atoms with Crippen LogP contribution < -0.4 is 5.32 Å². The first-order chi connectivity index (χ1) is 14.6. The van der Waals surface area contributed by atoms with E-state index in [1.807, 2.05) is 60.9 Å². The number of furan rings is 1. The van der Waals surface area contributed by atoms with E-state index in [-0.39, 0.29) is 11.7 Å². The summed E-state index contributed by atoms with van der Waals surface area (Å²) in [6.07, 6.45) is 3.36. The number of para-hydroxylation sites is 1. The average Bonchev–Trinajstić information content (AvgIpc) is 3.35. The number of fused-ring (bicyclic) bond motifs is 1. The number of pyridine rings is 1. The van der Waals surface area contributed by atoms with Crippen molar-refractivity contribution >= 4 is 34.4 Å². The summed E-state index contributed by atoms with van der Waals surface area (Å²) in [6, 6.07) is 15.7. The molecule has 30 heavy (non-hydrogen) atoms. The zero-order valence-corrected chi connectivity index (χ0v) is 17.5. The van der Waals surface area contributed by atoms with Crippen molar-refractivity contribution in [3.05, 3.63) is 77.5 Å². The van der Waals surface area contributed by atoms with Gasteiger partial charge in [-0.05, 0) is 43.7 Å². The molecule has 0 bridgehead atoms. The van der Waals surface area contributed by atoms with Gasteiger partial charge in [0.25, 0.3) is 0 Å². The summed E-state index contributed by atoms with van der Waals surface area (Å²) in [6.45, 7) is 4.27. The van der Waals surface area contributed by atoms with Crippen molar-refractivity contribution in [3.8, 4) is 6.07 Å². The first kappa shape index (κ1) is 19.8. The summed E-state index contributed by atoms with van der Waals surface area (Å²) in [5, 5.41) is 13.6. The number of nitriles is 1. The fraction of sp³-hybridized carbons (Fsp3) is 0.174. The molecule has 7 heteroatoms. The van der Waals surface area contributed by atoms with Crippen LogP contribution in [0.3, 0.4) is 0 Å². The minimum atomic E-state index is -0.171. The number of hydrogen-bond acceptors (Lipinski definition) is 5. The number of thioether (sulfide) groups is 1. The molecule has 1 aromatic carbocycles. The summed E-state index contributed by atoms with van der Waals surface area (Å²) >= 11 is 1.45. The summed E-state index contributed by atoms with van der Waals surface area (Å²) in [5.74, 6) is 1.32. The highest BCUT2D eigenvalue weighted by Gasteiger charge is 2.20. The summed E-state index contributed by atoms with van der Waals surface area (Å²) < 4.78 is 7.37.